The monoisotopic (exact) mass is 342 g/mol. The van der Waals surface area contributed by atoms with Gasteiger partial charge in [0.25, 0.3) is 0 Å². The molecule has 0 saturated heterocycles. The first kappa shape index (κ1) is 18.5. The summed E-state index contributed by atoms with van der Waals surface area (Å²) < 4.78 is 15.8. The molecule has 0 atom stereocenters. The van der Waals surface area contributed by atoms with Crippen LogP contribution in [0.5, 0.6) is 5.75 Å². The molecule has 2 aromatic carbocycles. The molecule has 5 nitrogen and oxygen atoms in total. The molecule has 0 aliphatic carbocycles. The van der Waals surface area contributed by atoms with Gasteiger partial charge in [-0.3, -0.25) is 0 Å². The van der Waals surface area contributed by atoms with E-state index in [1.807, 2.05) is 13.0 Å². The molecule has 132 valence electrons. The summed E-state index contributed by atoms with van der Waals surface area (Å²) in [6.45, 7) is 4.71. The Morgan fingerprint density at radius 1 is 0.880 bits per heavy atom. The third-order valence-corrected chi connectivity index (χ3v) is 3.35. The molecule has 0 spiro atoms. The third kappa shape index (κ3) is 5.64. The fourth-order valence-electron chi connectivity index (χ4n) is 2.16. The van der Waals surface area contributed by atoms with Crippen molar-refractivity contribution in [2.75, 3.05) is 13.2 Å². The fraction of sp³-hybridized carbons (Fsp3) is 0.300. The van der Waals surface area contributed by atoms with E-state index in [-0.39, 0.29) is 18.5 Å². The zero-order chi connectivity index (χ0) is 18.1. The van der Waals surface area contributed by atoms with Crippen LogP contribution in [-0.4, -0.2) is 25.2 Å². The van der Waals surface area contributed by atoms with Crippen molar-refractivity contribution in [1.82, 2.24) is 0 Å². The molecule has 0 aromatic heterocycles. The van der Waals surface area contributed by atoms with Crippen LogP contribution in [0.15, 0.2) is 48.5 Å². The van der Waals surface area contributed by atoms with Crippen LogP contribution in [0.4, 0.5) is 0 Å². The third-order valence-electron chi connectivity index (χ3n) is 3.35. The van der Waals surface area contributed by atoms with E-state index in [4.69, 9.17) is 14.2 Å². The van der Waals surface area contributed by atoms with Gasteiger partial charge in [-0.2, -0.15) is 0 Å². The first-order valence-corrected chi connectivity index (χ1v) is 8.30. The van der Waals surface area contributed by atoms with E-state index in [1.165, 1.54) is 0 Å². The molecule has 2 rings (SSSR count). The Morgan fingerprint density at radius 2 is 1.56 bits per heavy atom. The van der Waals surface area contributed by atoms with Gasteiger partial charge >= 0.3 is 11.9 Å². The molecule has 0 unspecified atom stereocenters. The molecule has 0 N–H and O–H groups in total. The van der Waals surface area contributed by atoms with E-state index in [1.54, 1.807) is 49.4 Å². The number of hydrogen-bond acceptors (Lipinski definition) is 5. The van der Waals surface area contributed by atoms with E-state index in [2.05, 4.69) is 0 Å². The molecule has 0 fully saturated rings. The molecule has 2 aromatic rings. The lowest BCUT2D eigenvalue weighted by Crippen LogP contribution is -2.07. The lowest BCUT2D eigenvalue weighted by atomic mass is 10.1. The molecule has 0 bridgehead atoms. The van der Waals surface area contributed by atoms with Crippen molar-refractivity contribution in [2.45, 2.75) is 26.9 Å². The Hall–Kier alpha value is -2.82. The minimum atomic E-state index is -0.381. The summed E-state index contributed by atoms with van der Waals surface area (Å²) >= 11 is 0. The largest absolute Gasteiger partial charge is 0.489 e. The normalized spacial score (nSPS) is 10.2. The minimum Gasteiger partial charge on any atom is -0.489 e. The first-order chi connectivity index (χ1) is 12.1. The maximum absolute atomic E-state index is 11.9. The Morgan fingerprint density at radius 3 is 2.28 bits per heavy atom. The first-order valence-electron chi connectivity index (χ1n) is 8.30. The predicted octanol–water partition coefficient (Wildman–Crippen LogP) is 4.01. The van der Waals surface area contributed by atoms with Crippen LogP contribution in [0, 0.1) is 0 Å². The average molecular weight is 342 g/mol. The quantitative estimate of drug-likeness (QED) is 0.678. The number of esters is 2. The molecule has 0 radical (unpaired) electrons. The molecule has 25 heavy (non-hydrogen) atoms. The minimum absolute atomic E-state index is 0.279. The van der Waals surface area contributed by atoms with E-state index in [9.17, 15) is 9.59 Å². The summed E-state index contributed by atoms with van der Waals surface area (Å²) in [7, 11) is 0. The molecule has 0 aliphatic rings. The van der Waals surface area contributed by atoms with E-state index < -0.39 is 0 Å². The maximum atomic E-state index is 11.9. The van der Waals surface area contributed by atoms with Gasteiger partial charge < -0.3 is 14.2 Å². The number of rotatable bonds is 8. The second-order valence-electron chi connectivity index (χ2n) is 5.37. The van der Waals surface area contributed by atoms with Gasteiger partial charge in [0.2, 0.25) is 0 Å². The van der Waals surface area contributed by atoms with Gasteiger partial charge in [-0.05, 0) is 49.2 Å². The van der Waals surface area contributed by atoms with Gasteiger partial charge in [-0.25, -0.2) is 9.59 Å². The van der Waals surface area contributed by atoms with Crippen molar-refractivity contribution in [2.24, 2.45) is 0 Å². The summed E-state index contributed by atoms with van der Waals surface area (Å²) in [5.41, 5.74) is 1.78. The molecule has 0 aliphatic heterocycles. The van der Waals surface area contributed by atoms with Crippen molar-refractivity contribution in [3.05, 3.63) is 65.2 Å². The highest BCUT2D eigenvalue weighted by Gasteiger charge is 2.09. The highest BCUT2D eigenvalue weighted by molar-refractivity contribution is 5.90. The van der Waals surface area contributed by atoms with E-state index >= 15 is 0 Å². The predicted molar refractivity (Wildman–Crippen MR) is 93.7 cm³/mol. The van der Waals surface area contributed by atoms with Crippen LogP contribution >= 0.6 is 0 Å². The fourth-order valence-corrected chi connectivity index (χ4v) is 2.16. The second-order valence-corrected chi connectivity index (χ2v) is 5.37. The van der Waals surface area contributed by atoms with Crippen LogP contribution in [0.3, 0.4) is 0 Å². The molecule has 5 heteroatoms. The molecule has 0 heterocycles. The lowest BCUT2D eigenvalue weighted by molar-refractivity contribution is 0.0501. The summed E-state index contributed by atoms with van der Waals surface area (Å²) in [4.78, 5) is 23.6. The lowest BCUT2D eigenvalue weighted by Gasteiger charge is -2.09. The zero-order valence-electron chi connectivity index (χ0n) is 14.5. The molecular weight excluding hydrogens is 320 g/mol. The Balaban J connectivity index is 2.00. The standard InChI is InChI=1S/C20H22O5/c1-3-11-24-20(22)16-8-5-7-15(12-16)14-25-18-10-6-9-17(13-18)19(21)23-4-2/h5-10,12-13H,3-4,11,14H2,1-2H3. The maximum Gasteiger partial charge on any atom is 0.338 e. The van der Waals surface area contributed by atoms with Crippen molar-refractivity contribution < 1.29 is 23.8 Å². The SMILES string of the molecule is CCCOC(=O)c1cccc(COc2cccc(C(=O)OCC)c2)c1. The van der Waals surface area contributed by atoms with Crippen LogP contribution in [0.2, 0.25) is 0 Å². The van der Waals surface area contributed by atoms with Gasteiger partial charge in [-0.1, -0.05) is 25.1 Å². The van der Waals surface area contributed by atoms with Crippen molar-refractivity contribution in [1.29, 1.82) is 0 Å². The van der Waals surface area contributed by atoms with Crippen LogP contribution in [0.1, 0.15) is 46.5 Å². The number of ether oxygens (including phenoxy) is 3. The van der Waals surface area contributed by atoms with Crippen LogP contribution < -0.4 is 4.74 Å². The summed E-state index contributed by atoms with van der Waals surface area (Å²) in [6, 6.07) is 13.9. The number of carbonyl (C=O) groups excluding carboxylic acids is 2. The van der Waals surface area contributed by atoms with Crippen molar-refractivity contribution >= 4 is 11.9 Å². The van der Waals surface area contributed by atoms with Crippen molar-refractivity contribution in [3.63, 3.8) is 0 Å². The van der Waals surface area contributed by atoms with Gasteiger partial charge in [0.15, 0.2) is 0 Å². The molecule has 0 saturated carbocycles. The number of carbonyl (C=O) groups is 2. The zero-order valence-corrected chi connectivity index (χ0v) is 14.5. The van der Waals surface area contributed by atoms with Gasteiger partial charge in [0.1, 0.15) is 12.4 Å². The topological polar surface area (TPSA) is 61.8 Å². The summed E-state index contributed by atoms with van der Waals surface area (Å²) in [6.07, 6.45) is 0.783. The van der Waals surface area contributed by atoms with E-state index in [0.29, 0.717) is 30.1 Å². The van der Waals surface area contributed by atoms with Crippen LogP contribution in [-0.2, 0) is 16.1 Å². The summed E-state index contributed by atoms with van der Waals surface area (Å²) in [5.74, 6) is -0.161. The average Bonchev–Trinajstić information content (AvgIpc) is 2.65. The van der Waals surface area contributed by atoms with Gasteiger partial charge in [-0.15, -0.1) is 0 Å². The highest BCUT2D eigenvalue weighted by Crippen LogP contribution is 2.17. The van der Waals surface area contributed by atoms with E-state index in [0.717, 1.165) is 12.0 Å². The molecular formula is C20H22O5. The number of hydrogen-bond donors (Lipinski definition) is 0. The Kier molecular flexibility index (Phi) is 7.01. The smallest absolute Gasteiger partial charge is 0.338 e. The highest BCUT2D eigenvalue weighted by atomic mass is 16.5. The summed E-state index contributed by atoms with van der Waals surface area (Å²) in [5, 5.41) is 0. The molecule has 0 amide bonds. The van der Waals surface area contributed by atoms with Gasteiger partial charge in [0, 0.05) is 0 Å². The van der Waals surface area contributed by atoms with Crippen LogP contribution in [0.25, 0.3) is 0 Å². The van der Waals surface area contributed by atoms with Crippen molar-refractivity contribution in [3.8, 4) is 5.75 Å². The van der Waals surface area contributed by atoms with Gasteiger partial charge in [0.05, 0.1) is 24.3 Å². The Bertz CT molecular complexity index is 724. The Labute approximate surface area is 147 Å². The second kappa shape index (κ2) is 9.47. The number of benzene rings is 2.